The van der Waals surface area contributed by atoms with Gasteiger partial charge in [-0.2, -0.15) is 0 Å². The van der Waals surface area contributed by atoms with Gasteiger partial charge in [-0.25, -0.2) is 9.59 Å². The summed E-state index contributed by atoms with van der Waals surface area (Å²) in [5.41, 5.74) is 0.436. The number of hydrogen-bond donors (Lipinski definition) is 0. The highest BCUT2D eigenvalue weighted by molar-refractivity contribution is 5.82. The van der Waals surface area contributed by atoms with E-state index < -0.39 is 28.4 Å². The van der Waals surface area contributed by atoms with E-state index in [0.717, 1.165) is 185 Å². The lowest BCUT2D eigenvalue weighted by atomic mass is 9.66. The molecule has 0 N–H and O–H groups in total. The minimum absolute atomic E-state index is 0.187. The van der Waals surface area contributed by atoms with Crippen LogP contribution in [0.15, 0.2) is 73.8 Å². The molecule has 0 spiro atoms. The van der Waals surface area contributed by atoms with Gasteiger partial charge in [0.15, 0.2) is 16.8 Å². The van der Waals surface area contributed by atoms with Crippen LogP contribution in [0.4, 0.5) is 0 Å². The second-order valence-electron chi connectivity index (χ2n) is 33.6. The smallest absolute Gasteiger partial charge is 0.331 e. The van der Waals surface area contributed by atoms with E-state index in [1.165, 1.54) is 166 Å². The molecule has 0 atom stereocenters. The van der Waals surface area contributed by atoms with Crippen molar-refractivity contribution in [3.63, 3.8) is 0 Å². The molecule has 0 aliphatic heterocycles. The van der Waals surface area contributed by atoms with Crippen LogP contribution in [0, 0.1) is 107 Å². The maximum atomic E-state index is 14.0. The summed E-state index contributed by atoms with van der Waals surface area (Å²) in [6.45, 7) is 16.7. The first-order valence-corrected chi connectivity index (χ1v) is 41.6. The van der Waals surface area contributed by atoms with E-state index in [-0.39, 0.29) is 17.9 Å². The largest absolute Gasteiger partial charge is 0.451 e. The average molecular weight is 1360 g/mol. The molecule has 8 heteroatoms. The average Bonchev–Trinajstić information content (AvgIpc) is 0.788. The molecule has 546 valence electrons. The molecule has 8 saturated carbocycles. The van der Waals surface area contributed by atoms with Gasteiger partial charge < -0.3 is 18.9 Å². The number of carbonyl (C=O) groups is 4. The van der Waals surface area contributed by atoms with Crippen LogP contribution in [0.3, 0.4) is 0 Å². The van der Waals surface area contributed by atoms with Crippen LogP contribution in [0.5, 0.6) is 0 Å². The van der Waals surface area contributed by atoms with Crippen LogP contribution in [0.25, 0.3) is 0 Å². The van der Waals surface area contributed by atoms with E-state index >= 15 is 0 Å². The Morgan fingerprint density at radius 2 is 0.610 bits per heavy atom. The molecule has 100 heavy (non-hydrogen) atoms. The zero-order valence-electron chi connectivity index (χ0n) is 62.9. The van der Waals surface area contributed by atoms with Crippen molar-refractivity contribution in [2.45, 2.75) is 345 Å². The maximum absolute atomic E-state index is 14.0. The van der Waals surface area contributed by atoms with Crippen LogP contribution in [-0.2, 0) is 43.7 Å². The van der Waals surface area contributed by atoms with Crippen molar-refractivity contribution in [2.24, 2.45) is 71.0 Å². The SMILES string of the molecule is C=CC(=O)OC1(C#Cc2ccc(C#CC3(OC(=O)CCCCCCC(=O)OC4(C#Cc5ccc(C6(OC(=O)C=C)CCC(C7CCC(CCC)CC7)CC6)cc5)CCC(C5CCC(CCC)CC5)CC4)CCC(C4CCC(CCC)CC4)CC3)cc2)CCC(C2CCC(CCC)CC2)CC1. The van der Waals surface area contributed by atoms with E-state index in [9.17, 15) is 19.2 Å². The summed E-state index contributed by atoms with van der Waals surface area (Å²) in [5.74, 6) is 29.0. The van der Waals surface area contributed by atoms with Crippen molar-refractivity contribution in [3.05, 3.63) is 96.1 Å². The van der Waals surface area contributed by atoms with Gasteiger partial charge in [-0.15, -0.1) is 0 Å². The van der Waals surface area contributed by atoms with Gasteiger partial charge in [-0.1, -0.05) is 186 Å². The molecule has 0 aromatic heterocycles. The minimum atomic E-state index is -0.839. The summed E-state index contributed by atoms with van der Waals surface area (Å²) in [6.07, 6.45) is 52.4. The molecule has 0 saturated heterocycles. The highest BCUT2D eigenvalue weighted by Crippen LogP contribution is 2.51. The predicted octanol–water partition coefficient (Wildman–Crippen LogP) is 22.9. The fourth-order valence-electron chi connectivity index (χ4n) is 20.9. The van der Waals surface area contributed by atoms with Gasteiger partial charge >= 0.3 is 23.9 Å². The Bertz CT molecular complexity index is 3090. The highest BCUT2D eigenvalue weighted by Gasteiger charge is 2.46. The Morgan fingerprint density at radius 3 is 0.900 bits per heavy atom. The molecule has 8 nitrogen and oxygen atoms in total. The quantitative estimate of drug-likeness (QED) is 0.0302. The zero-order chi connectivity index (χ0) is 70.2. The van der Waals surface area contributed by atoms with Gasteiger partial charge in [-0.05, 0) is 298 Å². The molecule has 2 aromatic carbocycles. The topological polar surface area (TPSA) is 105 Å². The van der Waals surface area contributed by atoms with E-state index in [1.807, 2.05) is 24.3 Å². The Hall–Kier alpha value is -5.52. The van der Waals surface area contributed by atoms with E-state index in [1.54, 1.807) is 0 Å². The van der Waals surface area contributed by atoms with Crippen molar-refractivity contribution in [1.82, 2.24) is 0 Å². The van der Waals surface area contributed by atoms with Gasteiger partial charge in [-0.3, -0.25) is 9.59 Å². The van der Waals surface area contributed by atoms with Gasteiger partial charge in [0.25, 0.3) is 0 Å². The first-order valence-electron chi connectivity index (χ1n) is 41.6. The Balaban J connectivity index is 0.738. The van der Waals surface area contributed by atoms with Crippen molar-refractivity contribution in [2.75, 3.05) is 0 Å². The van der Waals surface area contributed by atoms with E-state index in [2.05, 4.69) is 101 Å². The fraction of sp³-hybridized carbons (Fsp3) is 0.717. The molecule has 10 rings (SSSR count). The lowest BCUT2D eigenvalue weighted by Crippen LogP contribution is -2.40. The maximum Gasteiger partial charge on any atom is 0.331 e. The summed E-state index contributed by atoms with van der Waals surface area (Å²) in [6, 6.07) is 16.4. The van der Waals surface area contributed by atoms with Crippen molar-refractivity contribution in [1.29, 1.82) is 0 Å². The Labute approximate surface area is 606 Å². The number of esters is 4. The lowest BCUT2D eigenvalue weighted by Gasteiger charge is -2.43. The summed E-state index contributed by atoms with van der Waals surface area (Å²) in [4.78, 5) is 53.8. The van der Waals surface area contributed by atoms with Crippen molar-refractivity contribution >= 4 is 23.9 Å². The molecule has 8 aliphatic rings. The molecular formula is C92H130O8. The second kappa shape index (κ2) is 38.3. The molecule has 2 aromatic rings. The summed E-state index contributed by atoms with van der Waals surface area (Å²) in [7, 11) is 0. The van der Waals surface area contributed by atoms with E-state index in [0.29, 0.717) is 49.4 Å². The third kappa shape index (κ3) is 22.0. The number of carbonyl (C=O) groups excluding carboxylic acids is 4. The first kappa shape index (κ1) is 77.1. The van der Waals surface area contributed by atoms with Gasteiger partial charge in [0.05, 0.1) is 0 Å². The van der Waals surface area contributed by atoms with Crippen LogP contribution < -0.4 is 0 Å². The molecule has 8 aliphatic carbocycles. The third-order valence-electron chi connectivity index (χ3n) is 27.0. The Kier molecular flexibility index (Phi) is 29.5. The van der Waals surface area contributed by atoms with Gasteiger partial charge in [0.1, 0.15) is 5.60 Å². The zero-order valence-corrected chi connectivity index (χ0v) is 62.9. The fourth-order valence-corrected chi connectivity index (χ4v) is 20.9. The van der Waals surface area contributed by atoms with Crippen molar-refractivity contribution in [3.8, 4) is 35.5 Å². The van der Waals surface area contributed by atoms with Gasteiger partial charge in [0.2, 0.25) is 0 Å². The molecule has 0 unspecified atom stereocenters. The molecule has 0 bridgehead atoms. The number of benzene rings is 2. The lowest BCUT2D eigenvalue weighted by molar-refractivity contribution is -0.161. The summed E-state index contributed by atoms with van der Waals surface area (Å²) in [5, 5.41) is 0. The second-order valence-corrected chi connectivity index (χ2v) is 33.6. The van der Waals surface area contributed by atoms with E-state index in [4.69, 9.17) is 18.9 Å². The van der Waals surface area contributed by atoms with Crippen molar-refractivity contribution < 1.29 is 38.1 Å². The third-order valence-corrected chi connectivity index (χ3v) is 27.0. The standard InChI is InChI=1S/C92H130O8/c1-7-17-69-27-37-76(38-28-69)80-50-61-89(62-51-80,97-85(93)11-5)58-47-73-23-25-74(26-24-73)48-59-90(63-52-81(53-64-90)77-39-29-70(18-8-2)30-40-77)98-87(95)21-15-13-14-16-22-88(96)99-91(65-54-82(55-66-91)78-41-31-71(19-9-3)32-42-78)60-49-75-35-45-84(46-36-75)92(100-86(94)12-6)67-56-83(57-68-92)79-43-33-72(20-10-4)34-44-79/h11-12,23-26,35-36,45-46,69-72,76-83H,5-10,13-22,27-34,37-44,50-57,61-68H2,1-4H3. The number of ether oxygens (including phenoxy) is 4. The number of unbranched alkanes of at least 4 members (excludes halogenated alkanes) is 3. The Morgan fingerprint density at radius 1 is 0.350 bits per heavy atom. The normalized spacial score (nSPS) is 33.0. The van der Waals surface area contributed by atoms with Crippen LogP contribution in [0.1, 0.15) is 345 Å². The molecule has 8 fully saturated rings. The van der Waals surface area contributed by atoms with Crippen LogP contribution in [0.2, 0.25) is 0 Å². The molecule has 0 amide bonds. The highest BCUT2D eigenvalue weighted by atomic mass is 16.6. The van der Waals surface area contributed by atoms with Gasteiger partial charge in [0, 0.05) is 41.7 Å². The van der Waals surface area contributed by atoms with Crippen LogP contribution >= 0.6 is 0 Å². The molecule has 0 heterocycles. The first-order chi connectivity index (χ1) is 48.7. The minimum Gasteiger partial charge on any atom is -0.451 e. The molecular weight excluding hydrogens is 1230 g/mol. The monoisotopic (exact) mass is 1360 g/mol. The number of hydrogen-bond acceptors (Lipinski definition) is 8. The summed E-state index contributed by atoms with van der Waals surface area (Å²) < 4.78 is 25.6. The summed E-state index contributed by atoms with van der Waals surface area (Å²) >= 11 is 0. The number of rotatable bonds is 26. The van der Waals surface area contributed by atoms with Crippen LogP contribution in [-0.4, -0.2) is 40.7 Å². The predicted molar refractivity (Wildman–Crippen MR) is 405 cm³/mol. The molecule has 0 radical (unpaired) electrons.